The Bertz CT molecular complexity index is 394. The number of carboxylic acid groups (broad SMARTS) is 1. The maximum absolute atomic E-state index is 10.9. The second-order valence-electron chi connectivity index (χ2n) is 6.67. The molecule has 2 rings (SSSR count). The lowest BCUT2D eigenvalue weighted by Gasteiger charge is -2.25. The van der Waals surface area contributed by atoms with Gasteiger partial charge in [0.05, 0.1) is 12.0 Å². The molecule has 2 fully saturated rings. The molecular formula is C18H32O10. The topological polar surface area (TPSA) is 111 Å². The Balaban J connectivity index is 1.26. The molecule has 0 aromatic carbocycles. The van der Waals surface area contributed by atoms with Gasteiger partial charge in [0.25, 0.3) is 0 Å². The Morgan fingerprint density at radius 1 is 0.750 bits per heavy atom. The van der Waals surface area contributed by atoms with Crippen molar-refractivity contribution in [3.63, 3.8) is 0 Å². The van der Waals surface area contributed by atoms with Crippen LogP contribution in [0.25, 0.3) is 0 Å². The predicted octanol–water partition coefficient (Wildman–Crippen LogP) is 2.02. The summed E-state index contributed by atoms with van der Waals surface area (Å²) in [5, 5.41) is 8.94. The summed E-state index contributed by atoms with van der Waals surface area (Å²) in [5.41, 5.74) is 0. The van der Waals surface area contributed by atoms with Gasteiger partial charge in [-0.05, 0) is 44.9 Å². The minimum Gasteiger partial charge on any atom is -0.481 e. The van der Waals surface area contributed by atoms with Gasteiger partial charge in [-0.15, -0.1) is 0 Å². The molecule has 1 unspecified atom stereocenters. The first kappa shape index (κ1) is 23.4. The summed E-state index contributed by atoms with van der Waals surface area (Å²) in [6.45, 7) is 1.11. The molecule has 1 saturated heterocycles. The van der Waals surface area contributed by atoms with Gasteiger partial charge in [-0.2, -0.15) is 0 Å². The van der Waals surface area contributed by atoms with E-state index in [-0.39, 0.29) is 59.1 Å². The average molecular weight is 408 g/mol. The highest BCUT2D eigenvalue weighted by molar-refractivity contribution is 5.70. The van der Waals surface area contributed by atoms with E-state index in [0.29, 0.717) is 12.8 Å². The molecule has 10 nitrogen and oxygen atoms in total. The molecule has 0 aromatic heterocycles. The summed E-state index contributed by atoms with van der Waals surface area (Å²) in [6, 6.07) is 0. The van der Waals surface area contributed by atoms with E-state index < -0.39 is 5.97 Å². The van der Waals surface area contributed by atoms with Crippen LogP contribution in [0.4, 0.5) is 0 Å². The van der Waals surface area contributed by atoms with E-state index >= 15 is 0 Å². The van der Waals surface area contributed by atoms with Crippen LogP contribution in [0.1, 0.15) is 44.9 Å². The fourth-order valence-corrected chi connectivity index (χ4v) is 2.99. The van der Waals surface area contributed by atoms with Gasteiger partial charge in [-0.1, -0.05) is 0 Å². The quantitative estimate of drug-likeness (QED) is 0.319. The van der Waals surface area contributed by atoms with Gasteiger partial charge in [-0.25, -0.2) is 0 Å². The molecule has 1 saturated carbocycles. The lowest BCUT2D eigenvalue weighted by atomic mass is 9.87. The molecule has 0 radical (unpaired) electrons. The number of carboxylic acids is 1. The minimum absolute atomic E-state index is 0.0239. The lowest BCUT2D eigenvalue weighted by molar-refractivity contribution is -0.244. The van der Waals surface area contributed by atoms with Gasteiger partial charge < -0.3 is 43.0 Å². The van der Waals surface area contributed by atoms with Crippen LogP contribution in [0.5, 0.6) is 0 Å². The Morgan fingerprint density at radius 2 is 1.32 bits per heavy atom. The summed E-state index contributed by atoms with van der Waals surface area (Å²) in [7, 11) is 0. The SMILES string of the molecule is O=C(O)C1CCC(OCOCOCOCOCOCOC2CCCCO2)CC1. The fourth-order valence-electron chi connectivity index (χ4n) is 2.99. The first-order chi connectivity index (χ1) is 13.8. The van der Waals surface area contributed by atoms with Crippen molar-refractivity contribution in [3.05, 3.63) is 0 Å². The van der Waals surface area contributed by atoms with Crippen LogP contribution in [-0.2, 0) is 42.7 Å². The summed E-state index contributed by atoms with van der Waals surface area (Å²) < 4.78 is 42.0. The van der Waals surface area contributed by atoms with Crippen molar-refractivity contribution in [2.45, 2.75) is 57.3 Å². The molecular weight excluding hydrogens is 376 g/mol. The van der Waals surface area contributed by atoms with Crippen molar-refractivity contribution in [1.29, 1.82) is 0 Å². The van der Waals surface area contributed by atoms with Crippen molar-refractivity contribution in [3.8, 4) is 0 Å². The zero-order chi connectivity index (χ0) is 19.9. The fraction of sp³-hybridized carbons (Fsp3) is 0.944. The maximum atomic E-state index is 10.9. The normalized spacial score (nSPS) is 25.6. The zero-order valence-electron chi connectivity index (χ0n) is 16.3. The molecule has 28 heavy (non-hydrogen) atoms. The summed E-state index contributed by atoms with van der Waals surface area (Å²) in [5.74, 6) is -0.965. The van der Waals surface area contributed by atoms with Gasteiger partial charge in [0, 0.05) is 6.61 Å². The largest absolute Gasteiger partial charge is 0.481 e. The van der Waals surface area contributed by atoms with Crippen LogP contribution in [0, 0.1) is 5.92 Å². The molecule has 0 amide bonds. The van der Waals surface area contributed by atoms with Crippen LogP contribution in [0.2, 0.25) is 0 Å². The highest BCUT2D eigenvalue weighted by Gasteiger charge is 2.26. The third kappa shape index (κ3) is 10.6. The highest BCUT2D eigenvalue weighted by Crippen LogP contribution is 2.26. The van der Waals surface area contributed by atoms with Crippen LogP contribution in [0.15, 0.2) is 0 Å². The summed E-state index contributed by atoms with van der Waals surface area (Å²) >= 11 is 0. The molecule has 0 bridgehead atoms. The first-order valence-corrected chi connectivity index (χ1v) is 9.72. The van der Waals surface area contributed by atoms with E-state index in [9.17, 15) is 4.79 Å². The third-order valence-electron chi connectivity index (χ3n) is 4.55. The number of rotatable bonds is 15. The number of carbonyl (C=O) groups is 1. The molecule has 1 N–H and O–H groups in total. The highest BCUT2D eigenvalue weighted by atomic mass is 16.8. The number of hydrogen-bond acceptors (Lipinski definition) is 9. The molecule has 1 atom stereocenters. The van der Waals surface area contributed by atoms with Crippen molar-refractivity contribution < 1.29 is 47.8 Å². The molecule has 2 aliphatic rings. The van der Waals surface area contributed by atoms with Crippen LogP contribution in [0.3, 0.4) is 0 Å². The lowest BCUT2D eigenvalue weighted by Crippen LogP contribution is -2.26. The molecule has 1 aliphatic carbocycles. The number of ether oxygens (including phenoxy) is 8. The molecule has 1 heterocycles. The molecule has 164 valence electrons. The van der Waals surface area contributed by atoms with E-state index in [0.717, 1.165) is 38.7 Å². The van der Waals surface area contributed by atoms with Crippen LogP contribution >= 0.6 is 0 Å². The minimum atomic E-state index is -0.721. The standard InChI is InChI=1S/C18H32O10/c19-18(20)15-4-6-16(7-5-15)27-13-24-11-22-9-21-10-23-12-25-14-28-17-3-1-2-8-26-17/h15-17H,1-14H2,(H,19,20). The summed E-state index contributed by atoms with van der Waals surface area (Å²) in [6.07, 6.45) is 5.73. The van der Waals surface area contributed by atoms with E-state index in [1.807, 2.05) is 0 Å². The summed E-state index contributed by atoms with van der Waals surface area (Å²) in [4.78, 5) is 10.9. The Labute approximate surface area is 165 Å². The second kappa shape index (κ2) is 15.1. The third-order valence-corrected chi connectivity index (χ3v) is 4.55. The predicted molar refractivity (Wildman–Crippen MR) is 93.8 cm³/mol. The van der Waals surface area contributed by atoms with Crippen molar-refractivity contribution in [2.75, 3.05) is 47.4 Å². The second-order valence-corrected chi connectivity index (χ2v) is 6.67. The number of aliphatic carboxylic acids is 1. The van der Waals surface area contributed by atoms with Gasteiger partial charge in [-0.3, -0.25) is 4.79 Å². The van der Waals surface area contributed by atoms with Crippen LogP contribution < -0.4 is 0 Å². The zero-order valence-corrected chi connectivity index (χ0v) is 16.3. The molecule has 1 aliphatic heterocycles. The monoisotopic (exact) mass is 408 g/mol. The van der Waals surface area contributed by atoms with E-state index in [4.69, 9.17) is 43.0 Å². The number of hydrogen-bond donors (Lipinski definition) is 1. The van der Waals surface area contributed by atoms with Crippen molar-refractivity contribution in [1.82, 2.24) is 0 Å². The molecule has 10 heteroatoms. The van der Waals surface area contributed by atoms with Gasteiger partial charge in [0.2, 0.25) is 0 Å². The van der Waals surface area contributed by atoms with Gasteiger partial charge in [0.15, 0.2) is 40.3 Å². The van der Waals surface area contributed by atoms with Gasteiger partial charge >= 0.3 is 5.97 Å². The van der Waals surface area contributed by atoms with Crippen LogP contribution in [-0.4, -0.2) is 70.8 Å². The van der Waals surface area contributed by atoms with E-state index in [1.54, 1.807) is 0 Å². The van der Waals surface area contributed by atoms with Crippen molar-refractivity contribution >= 4 is 5.97 Å². The average Bonchev–Trinajstić information content (AvgIpc) is 2.72. The first-order valence-electron chi connectivity index (χ1n) is 9.72. The molecule has 0 spiro atoms. The van der Waals surface area contributed by atoms with Gasteiger partial charge in [0.1, 0.15) is 6.79 Å². The Morgan fingerprint density at radius 3 is 1.86 bits per heavy atom. The van der Waals surface area contributed by atoms with E-state index in [2.05, 4.69) is 0 Å². The van der Waals surface area contributed by atoms with E-state index in [1.165, 1.54) is 0 Å². The maximum Gasteiger partial charge on any atom is 0.306 e. The Kier molecular flexibility index (Phi) is 12.6. The Hall–Kier alpha value is -0.850. The smallest absolute Gasteiger partial charge is 0.306 e. The molecule has 0 aromatic rings. The van der Waals surface area contributed by atoms with Crippen molar-refractivity contribution in [2.24, 2.45) is 5.92 Å².